The minimum atomic E-state index is -4.68. The third kappa shape index (κ3) is 3.55. The summed E-state index contributed by atoms with van der Waals surface area (Å²) in [6, 6.07) is 7.43. The average molecular weight is 503 g/mol. The fourth-order valence-corrected chi connectivity index (χ4v) is 6.71. The number of aromatic nitrogens is 3. The van der Waals surface area contributed by atoms with Crippen molar-refractivity contribution in [1.82, 2.24) is 19.5 Å². The molecule has 184 valence electrons. The lowest BCUT2D eigenvalue weighted by Gasteiger charge is -2.47. The van der Waals surface area contributed by atoms with Crippen molar-refractivity contribution in [3.63, 3.8) is 0 Å². The lowest BCUT2D eigenvalue weighted by atomic mass is 9.72. The van der Waals surface area contributed by atoms with Crippen molar-refractivity contribution in [2.75, 3.05) is 6.54 Å². The molecule has 2 aliphatic carbocycles. The summed E-state index contributed by atoms with van der Waals surface area (Å²) in [6.07, 6.45) is 1.03. The standard InChI is InChI=1S/C26H26ClF3N4O/c1-14-12-13-33(19-9-5-4-7-16(14)19)25(35)22-20(27)24-31-21-17-8-3-2-6-15(17)10-11-18(21)23(26(28,29)30)34(24)32-22/h2-3,6,8,14,16,19H,4-5,7,9-13H2,1H3/t14-,16+,19+/m1/s1. The molecule has 3 aromatic rings. The van der Waals surface area contributed by atoms with E-state index in [1.807, 2.05) is 12.1 Å². The number of carbonyl (C=O) groups is 1. The van der Waals surface area contributed by atoms with Gasteiger partial charge in [0, 0.05) is 23.7 Å². The number of nitrogens with zero attached hydrogens (tertiary/aromatic N) is 4. The number of benzene rings is 1. The number of piperidine rings is 1. The number of hydrogen-bond acceptors (Lipinski definition) is 3. The lowest BCUT2D eigenvalue weighted by Crippen LogP contribution is -2.52. The molecule has 0 radical (unpaired) electrons. The normalized spacial score (nSPS) is 24.1. The average Bonchev–Trinajstić information content (AvgIpc) is 3.17. The summed E-state index contributed by atoms with van der Waals surface area (Å²) in [5.41, 5.74) is 0.829. The van der Waals surface area contributed by atoms with Crippen LogP contribution in [0, 0.1) is 11.8 Å². The van der Waals surface area contributed by atoms with Crippen LogP contribution in [0.5, 0.6) is 0 Å². The molecule has 1 aromatic carbocycles. The SMILES string of the molecule is C[C@@H]1CCN(C(=O)c2nn3c(C(F)(F)F)c4c(nc3c2Cl)-c2ccccc2CC4)[C@H]2CCCC[C@@H]12. The first-order chi connectivity index (χ1) is 16.8. The van der Waals surface area contributed by atoms with Gasteiger partial charge in [-0.25, -0.2) is 9.50 Å². The second kappa shape index (κ2) is 8.22. The Morgan fingerprint density at radius 1 is 1.11 bits per heavy atom. The van der Waals surface area contributed by atoms with Gasteiger partial charge in [-0.05, 0) is 49.5 Å². The Kier molecular flexibility index (Phi) is 5.36. The topological polar surface area (TPSA) is 50.5 Å². The Bertz CT molecular complexity index is 1330. The van der Waals surface area contributed by atoms with E-state index in [-0.39, 0.29) is 40.1 Å². The molecule has 35 heavy (non-hydrogen) atoms. The molecule has 0 N–H and O–H groups in total. The smallest absolute Gasteiger partial charge is 0.334 e. The second-order valence-corrected chi connectivity index (χ2v) is 10.5. The van der Waals surface area contributed by atoms with E-state index in [0.717, 1.165) is 42.2 Å². The van der Waals surface area contributed by atoms with Gasteiger partial charge in [-0.3, -0.25) is 4.79 Å². The first kappa shape index (κ1) is 22.8. The molecule has 3 atom stereocenters. The van der Waals surface area contributed by atoms with Crippen LogP contribution in [0.2, 0.25) is 5.02 Å². The number of rotatable bonds is 1. The summed E-state index contributed by atoms with van der Waals surface area (Å²) in [5, 5.41) is 4.07. The number of likely N-dealkylation sites (tertiary alicyclic amines) is 1. The van der Waals surface area contributed by atoms with Gasteiger partial charge in [-0.1, -0.05) is 55.6 Å². The zero-order chi connectivity index (χ0) is 24.5. The third-order valence-electron chi connectivity index (χ3n) is 8.19. The number of halogens is 4. The first-order valence-electron chi connectivity index (χ1n) is 12.3. The molecule has 1 amide bonds. The van der Waals surface area contributed by atoms with Gasteiger partial charge in [0.15, 0.2) is 17.0 Å². The molecular weight excluding hydrogens is 477 g/mol. The fraction of sp³-hybridized carbons (Fsp3) is 0.500. The quantitative estimate of drug-likeness (QED) is 0.397. The molecule has 1 aliphatic heterocycles. The van der Waals surface area contributed by atoms with Gasteiger partial charge in [0.25, 0.3) is 5.91 Å². The highest BCUT2D eigenvalue weighted by molar-refractivity contribution is 6.36. The van der Waals surface area contributed by atoms with Crippen molar-refractivity contribution in [2.45, 2.75) is 64.1 Å². The molecule has 1 saturated heterocycles. The van der Waals surface area contributed by atoms with Crippen molar-refractivity contribution < 1.29 is 18.0 Å². The maximum Gasteiger partial charge on any atom is 0.433 e. The van der Waals surface area contributed by atoms with Crippen molar-refractivity contribution in [3.05, 3.63) is 51.8 Å². The van der Waals surface area contributed by atoms with E-state index >= 15 is 0 Å². The van der Waals surface area contributed by atoms with E-state index in [1.165, 1.54) is 0 Å². The van der Waals surface area contributed by atoms with Crippen LogP contribution in [0.25, 0.3) is 16.9 Å². The summed E-state index contributed by atoms with van der Waals surface area (Å²) in [4.78, 5) is 20.1. The lowest BCUT2D eigenvalue weighted by molar-refractivity contribution is -0.143. The maximum absolute atomic E-state index is 14.4. The second-order valence-electron chi connectivity index (χ2n) is 10.1. The predicted molar refractivity (Wildman–Crippen MR) is 126 cm³/mol. The van der Waals surface area contributed by atoms with Crippen LogP contribution in [-0.4, -0.2) is 38.0 Å². The number of carbonyl (C=O) groups excluding carboxylic acids is 1. The molecule has 3 heterocycles. The Morgan fingerprint density at radius 2 is 1.89 bits per heavy atom. The molecule has 9 heteroatoms. The summed E-state index contributed by atoms with van der Waals surface area (Å²) in [5.74, 6) is 0.534. The highest BCUT2D eigenvalue weighted by atomic mass is 35.5. The van der Waals surface area contributed by atoms with Crippen LogP contribution in [0.4, 0.5) is 13.2 Å². The van der Waals surface area contributed by atoms with Gasteiger partial charge in [0.05, 0.1) is 5.69 Å². The molecule has 0 bridgehead atoms. The van der Waals surface area contributed by atoms with Gasteiger partial charge >= 0.3 is 6.18 Å². The molecule has 2 fully saturated rings. The number of alkyl halides is 3. The van der Waals surface area contributed by atoms with Crippen LogP contribution in [0.1, 0.15) is 66.3 Å². The van der Waals surface area contributed by atoms with Gasteiger partial charge < -0.3 is 4.90 Å². The molecule has 0 unspecified atom stereocenters. The van der Waals surface area contributed by atoms with Crippen molar-refractivity contribution in [3.8, 4) is 11.3 Å². The van der Waals surface area contributed by atoms with Gasteiger partial charge in [-0.15, -0.1) is 0 Å². The van der Waals surface area contributed by atoms with Crippen LogP contribution in [0.15, 0.2) is 24.3 Å². The molecule has 5 nitrogen and oxygen atoms in total. The molecule has 2 aromatic heterocycles. The predicted octanol–water partition coefficient (Wildman–Crippen LogP) is 6.21. The Hall–Kier alpha value is -2.61. The van der Waals surface area contributed by atoms with E-state index in [1.54, 1.807) is 17.0 Å². The van der Waals surface area contributed by atoms with Crippen LogP contribution in [-0.2, 0) is 19.0 Å². The zero-order valence-electron chi connectivity index (χ0n) is 19.4. The monoisotopic (exact) mass is 502 g/mol. The van der Waals surface area contributed by atoms with Crippen LogP contribution < -0.4 is 0 Å². The Morgan fingerprint density at radius 3 is 2.69 bits per heavy atom. The third-order valence-corrected chi connectivity index (χ3v) is 8.54. The number of fused-ring (bicyclic) bond motifs is 5. The van der Waals surface area contributed by atoms with Gasteiger partial charge in [0.1, 0.15) is 5.02 Å². The van der Waals surface area contributed by atoms with E-state index < -0.39 is 17.8 Å². The first-order valence-corrected chi connectivity index (χ1v) is 12.7. The summed E-state index contributed by atoms with van der Waals surface area (Å²) < 4.78 is 44.0. The van der Waals surface area contributed by atoms with Gasteiger partial charge in [-0.2, -0.15) is 18.3 Å². The van der Waals surface area contributed by atoms with E-state index in [2.05, 4.69) is 17.0 Å². The largest absolute Gasteiger partial charge is 0.433 e. The van der Waals surface area contributed by atoms with Crippen molar-refractivity contribution in [2.24, 2.45) is 11.8 Å². The van der Waals surface area contributed by atoms with Crippen molar-refractivity contribution in [1.29, 1.82) is 0 Å². The zero-order valence-corrected chi connectivity index (χ0v) is 20.2. The minimum absolute atomic E-state index is 0.0796. The van der Waals surface area contributed by atoms with Crippen molar-refractivity contribution >= 4 is 23.2 Å². The summed E-state index contributed by atoms with van der Waals surface area (Å²) in [6.45, 7) is 2.79. The minimum Gasteiger partial charge on any atom is -0.334 e. The maximum atomic E-state index is 14.4. The Balaban J connectivity index is 1.51. The highest BCUT2D eigenvalue weighted by Crippen LogP contribution is 2.43. The van der Waals surface area contributed by atoms with E-state index in [4.69, 9.17) is 11.6 Å². The van der Waals surface area contributed by atoms with E-state index in [9.17, 15) is 18.0 Å². The fourth-order valence-electron chi connectivity index (χ4n) is 6.47. The molecule has 1 saturated carbocycles. The van der Waals surface area contributed by atoms with Gasteiger partial charge in [0.2, 0.25) is 0 Å². The molecule has 0 spiro atoms. The molecular formula is C26H26ClF3N4O. The summed E-state index contributed by atoms with van der Waals surface area (Å²) in [7, 11) is 0. The highest BCUT2D eigenvalue weighted by Gasteiger charge is 2.43. The molecule has 3 aliphatic rings. The van der Waals surface area contributed by atoms with Crippen LogP contribution in [0.3, 0.4) is 0 Å². The Labute approximate surface area is 206 Å². The van der Waals surface area contributed by atoms with Crippen LogP contribution >= 0.6 is 11.6 Å². The number of hydrogen-bond donors (Lipinski definition) is 0. The number of aryl methyl sites for hydroxylation is 1. The summed E-state index contributed by atoms with van der Waals surface area (Å²) >= 11 is 6.61. The molecule has 6 rings (SSSR count). The van der Waals surface area contributed by atoms with E-state index in [0.29, 0.717) is 30.4 Å². The number of amides is 1.